The summed E-state index contributed by atoms with van der Waals surface area (Å²) in [6.45, 7) is 0. The Morgan fingerprint density at radius 2 is 1.79 bits per heavy atom. The van der Waals surface area contributed by atoms with Crippen LogP contribution in [0.2, 0.25) is 5.02 Å². The van der Waals surface area contributed by atoms with E-state index in [-0.39, 0.29) is 61.8 Å². The van der Waals surface area contributed by atoms with Gasteiger partial charge in [-0.1, -0.05) is 48.0 Å². The van der Waals surface area contributed by atoms with Crippen LogP contribution in [-0.4, -0.2) is 15.6 Å². The quantitative estimate of drug-likeness (QED) is 0.680. The molecular weight excluding hydrogens is 355 g/mol. The fourth-order valence-electron chi connectivity index (χ4n) is 2.40. The van der Waals surface area contributed by atoms with Crippen LogP contribution < -0.4 is 56.9 Å². The molecule has 0 aliphatic rings. The minimum Gasteiger partial charge on any atom is -0.622 e. The van der Waals surface area contributed by atoms with Crippen LogP contribution in [0.4, 0.5) is 5.69 Å². The summed E-state index contributed by atoms with van der Waals surface area (Å²) in [5.74, 6) is -1.26. The van der Waals surface area contributed by atoms with Gasteiger partial charge in [0, 0.05) is 7.05 Å². The van der Waals surface area contributed by atoms with Gasteiger partial charge >= 0.3 is 51.4 Å². The van der Waals surface area contributed by atoms with Gasteiger partial charge in [-0.2, -0.15) is 0 Å². The normalized spacial score (nSPS) is 10.2. The van der Waals surface area contributed by atoms with Gasteiger partial charge in [-0.25, -0.2) is 0 Å². The number of rotatable bonds is 2. The number of halogens is 1. The summed E-state index contributed by atoms with van der Waals surface area (Å²) in [7, 11) is 1.51. The number of carbonyl (C=O) groups is 1. The summed E-state index contributed by atoms with van der Waals surface area (Å²) in [5, 5.41) is 14.8. The minimum atomic E-state index is -0.809. The predicted molar refractivity (Wildman–Crippen MR) is 89.7 cm³/mol. The second-order valence-electron chi connectivity index (χ2n) is 4.97. The number of para-hydroxylation sites is 1. The Morgan fingerprint density at radius 1 is 1.12 bits per heavy atom. The first-order valence-corrected chi connectivity index (χ1v) is 7.20. The molecule has 3 aromatic rings. The number of nitrogens with zero attached hydrogens (tertiary/aromatic N) is 2. The van der Waals surface area contributed by atoms with Crippen molar-refractivity contribution in [3.05, 3.63) is 74.8 Å². The summed E-state index contributed by atoms with van der Waals surface area (Å²) < 4.78 is 1.27. The van der Waals surface area contributed by atoms with E-state index in [0.29, 0.717) is 11.2 Å². The van der Waals surface area contributed by atoms with Crippen LogP contribution in [0.5, 0.6) is 5.75 Å². The molecule has 1 N–H and O–H groups in total. The summed E-state index contributed by atoms with van der Waals surface area (Å²) in [4.78, 5) is 24.8. The van der Waals surface area contributed by atoms with Crippen LogP contribution in [0, 0.1) is 0 Å². The number of aromatic hydroxyl groups is 1. The Balaban J connectivity index is 0.00000208. The van der Waals surface area contributed by atoms with E-state index in [2.05, 4.69) is 5.32 Å². The average molecular weight is 367 g/mol. The first-order valence-electron chi connectivity index (χ1n) is 6.82. The maximum atomic E-state index is 12.4. The molecule has 5 nitrogen and oxygen atoms in total. The molecule has 0 aliphatic heterocycles. The number of carbonyl (C=O) groups excluding carboxylic acids is 1. The van der Waals surface area contributed by atoms with Gasteiger partial charge in [0.05, 0.1) is 21.8 Å². The van der Waals surface area contributed by atoms with E-state index in [0.717, 1.165) is 0 Å². The summed E-state index contributed by atoms with van der Waals surface area (Å²) in [5.41, 5.74) is -0.173. The maximum Gasteiger partial charge on any atom is 1.00 e. The molecule has 1 heterocycles. The Bertz CT molecular complexity index is 971. The van der Waals surface area contributed by atoms with Gasteiger partial charge in [-0.3, -0.25) is 4.79 Å². The second kappa shape index (κ2) is 7.82. The van der Waals surface area contributed by atoms with Crippen molar-refractivity contribution in [2.45, 2.75) is 0 Å². The number of pyridine rings is 1. The molecule has 7 heteroatoms. The predicted octanol–water partition coefficient (Wildman–Crippen LogP) is 0.747. The van der Waals surface area contributed by atoms with Crippen molar-refractivity contribution in [2.24, 2.45) is 7.05 Å². The number of hydrogen-bond donors (Lipinski definition) is 1. The molecule has 0 aliphatic carbocycles. The largest absolute Gasteiger partial charge is 1.00 e. The third-order valence-electron chi connectivity index (χ3n) is 3.55. The number of amides is 1. The van der Waals surface area contributed by atoms with Gasteiger partial charge in [0.1, 0.15) is 11.3 Å². The standard InChI is InChI=1S/C17H13ClN2O3.K/c1-20-12-9-5-8-11(18)13(12)15(21)14(17(20)23)16(22)19-10-6-3-2-4-7-10;/h2-9H,1H3,(H2,19,21,22,23);/q;+1/p-1. The molecule has 1 amide bonds. The first kappa shape index (κ1) is 19.2. The van der Waals surface area contributed by atoms with Crippen LogP contribution in [0.3, 0.4) is 0 Å². The molecule has 1 aromatic heterocycles. The number of aromatic nitrogens is 1. The van der Waals surface area contributed by atoms with Crippen molar-refractivity contribution >= 4 is 34.1 Å². The number of benzene rings is 2. The Hall–Kier alpha value is -1.15. The van der Waals surface area contributed by atoms with Crippen LogP contribution in [0.1, 0.15) is 10.4 Å². The molecule has 0 bridgehead atoms. The Kier molecular flexibility index (Phi) is 6.25. The van der Waals surface area contributed by atoms with Gasteiger partial charge in [0.15, 0.2) is 0 Å². The van der Waals surface area contributed by atoms with E-state index < -0.39 is 22.8 Å². The van der Waals surface area contributed by atoms with E-state index in [4.69, 9.17) is 11.6 Å². The third-order valence-corrected chi connectivity index (χ3v) is 3.86. The van der Waals surface area contributed by atoms with Crippen LogP contribution in [-0.2, 0) is 7.05 Å². The SMILES string of the molecule is Cn1c(=O)c(C(=O)[N-]c2ccccc2)c(O)c2c(Cl)cccc21.[K+]. The fraction of sp³-hybridized carbons (Fsp3) is 0.0588. The molecule has 0 spiro atoms. The van der Waals surface area contributed by atoms with E-state index >= 15 is 0 Å². The molecule has 0 saturated heterocycles. The van der Waals surface area contributed by atoms with E-state index in [1.807, 2.05) is 0 Å². The number of aryl methyl sites for hydroxylation is 1. The van der Waals surface area contributed by atoms with Crippen LogP contribution in [0.25, 0.3) is 16.2 Å². The zero-order chi connectivity index (χ0) is 16.6. The number of fused-ring (bicyclic) bond motifs is 1. The van der Waals surface area contributed by atoms with Crippen molar-refractivity contribution in [2.75, 3.05) is 0 Å². The second-order valence-corrected chi connectivity index (χ2v) is 5.38. The van der Waals surface area contributed by atoms with Crippen molar-refractivity contribution in [1.82, 2.24) is 4.57 Å². The van der Waals surface area contributed by atoms with Gasteiger partial charge in [-0.05, 0) is 12.1 Å². The molecule has 116 valence electrons. The molecule has 3 rings (SSSR count). The van der Waals surface area contributed by atoms with Crippen molar-refractivity contribution in [1.29, 1.82) is 0 Å². The molecule has 24 heavy (non-hydrogen) atoms. The third kappa shape index (κ3) is 3.44. The van der Waals surface area contributed by atoms with Gasteiger partial charge in [0.2, 0.25) is 0 Å². The smallest absolute Gasteiger partial charge is 0.622 e. The molecule has 0 unspecified atom stereocenters. The minimum absolute atomic E-state index is 0. The molecule has 0 atom stereocenters. The molecule has 2 aromatic carbocycles. The van der Waals surface area contributed by atoms with Gasteiger partial charge in [-0.15, -0.1) is 5.69 Å². The number of hydrogen-bond acceptors (Lipinski definition) is 3. The monoisotopic (exact) mass is 366 g/mol. The summed E-state index contributed by atoms with van der Waals surface area (Å²) in [6.07, 6.45) is 0. The first-order chi connectivity index (χ1) is 11.0. The molecule has 0 radical (unpaired) electrons. The van der Waals surface area contributed by atoms with E-state index in [9.17, 15) is 14.7 Å². The van der Waals surface area contributed by atoms with Gasteiger partial charge < -0.3 is 19.8 Å². The van der Waals surface area contributed by atoms with Crippen molar-refractivity contribution in [3.8, 4) is 5.75 Å². The molecule has 0 saturated carbocycles. The maximum absolute atomic E-state index is 12.4. The van der Waals surface area contributed by atoms with Crippen molar-refractivity contribution < 1.29 is 61.3 Å². The topological polar surface area (TPSA) is 73.4 Å². The zero-order valence-electron chi connectivity index (χ0n) is 13.2. The summed E-state index contributed by atoms with van der Waals surface area (Å²) >= 11 is 6.11. The average Bonchev–Trinajstić information content (AvgIpc) is 2.53. The molecule has 0 fully saturated rings. The fourth-order valence-corrected chi connectivity index (χ4v) is 2.66. The Morgan fingerprint density at radius 3 is 2.46 bits per heavy atom. The van der Waals surface area contributed by atoms with E-state index in [1.165, 1.54) is 11.6 Å². The van der Waals surface area contributed by atoms with Gasteiger partial charge in [0.25, 0.3) is 5.56 Å². The van der Waals surface area contributed by atoms with Crippen LogP contribution >= 0.6 is 11.6 Å². The van der Waals surface area contributed by atoms with Crippen LogP contribution in [0.15, 0.2) is 53.3 Å². The van der Waals surface area contributed by atoms with E-state index in [1.54, 1.807) is 48.5 Å². The zero-order valence-corrected chi connectivity index (χ0v) is 17.0. The van der Waals surface area contributed by atoms with Crippen molar-refractivity contribution in [3.63, 3.8) is 0 Å². The summed E-state index contributed by atoms with van der Waals surface area (Å²) in [6, 6.07) is 13.4. The molecular formula is C17H12ClKN2O3. The Labute approximate surface area is 185 Å².